The fourth-order valence-electron chi connectivity index (χ4n) is 4.52. The Labute approximate surface area is 155 Å². The van der Waals surface area contributed by atoms with E-state index in [0.29, 0.717) is 17.9 Å². The Morgan fingerprint density at radius 2 is 2.12 bits per heavy atom. The zero-order valence-corrected chi connectivity index (χ0v) is 16.2. The monoisotopic (exact) mass is 354 g/mol. The molecule has 2 unspecified atom stereocenters. The zero-order chi connectivity index (χ0) is 18.3. The molecule has 2 aliphatic carbocycles. The predicted molar refractivity (Wildman–Crippen MR) is 103 cm³/mol. The summed E-state index contributed by atoms with van der Waals surface area (Å²) >= 11 is 0. The number of rotatable bonds is 6. The third-order valence-corrected chi connectivity index (χ3v) is 6.13. The summed E-state index contributed by atoms with van der Waals surface area (Å²) in [5.74, 6) is 1.21. The van der Waals surface area contributed by atoms with Crippen molar-refractivity contribution in [3.63, 3.8) is 0 Å². The summed E-state index contributed by atoms with van der Waals surface area (Å²) in [6.07, 6.45) is 9.64. The van der Waals surface area contributed by atoms with E-state index in [0.717, 1.165) is 34.4 Å². The maximum absolute atomic E-state index is 13.2. The van der Waals surface area contributed by atoms with Gasteiger partial charge in [-0.05, 0) is 51.0 Å². The molecule has 0 aliphatic heterocycles. The van der Waals surface area contributed by atoms with Crippen molar-refractivity contribution in [1.82, 2.24) is 20.1 Å². The van der Waals surface area contributed by atoms with Crippen LogP contribution < -0.4 is 5.32 Å². The molecule has 0 spiro atoms. The lowest BCUT2D eigenvalue weighted by atomic mass is 9.96. The Kier molecular flexibility index (Phi) is 4.72. The van der Waals surface area contributed by atoms with Crippen molar-refractivity contribution in [3.8, 4) is 0 Å². The molecule has 5 heteroatoms. The van der Waals surface area contributed by atoms with E-state index in [9.17, 15) is 4.79 Å². The van der Waals surface area contributed by atoms with Gasteiger partial charge in [0.1, 0.15) is 0 Å². The summed E-state index contributed by atoms with van der Waals surface area (Å²) in [7, 11) is 1.92. The highest BCUT2D eigenvalue weighted by molar-refractivity contribution is 6.06. The number of carbonyl (C=O) groups is 1. The molecule has 1 amide bonds. The van der Waals surface area contributed by atoms with Crippen LogP contribution in [0.5, 0.6) is 0 Å². The van der Waals surface area contributed by atoms with Crippen LogP contribution in [0.15, 0.2) is 6.07 Å². The summed E-state index contributed by atoms with van der Waals surface area (Å²) in [5.41, 5.74) is 3.55. The first-order valence-corrected chi connectivity index (χ1v) is 10.2. The van der Waals surface area contributed by atoms with Crippen LogP contribution in [0.2, 0.25) is 0 Å². The van der Waals surface area contributed by atoms with Crippen molar-refractivity contribution in [1.29, 1.82) is 0 Å². The molecular formula is C21H30N4O. The Balaban J connectivity index is 1.63. The van der Waals surface area contributed by atoms with E-state index in [4.69, 9.17) is 4.98 Å². The highest BCUT2D eigenvalue weighted by atomic mass is 16.1. The molecular weight excluding hydrogens is 324 g/mol. The number of nitrogens with one attached hydrogen (secondary N) is 1. The first-order valence-electron chi connectivity index (χ1n) is 10.2. The van der Waals surface area contributed by atoms with E-state index in [2.05, 4.69) is 17.3 Å². The van der Waals surface area contributed by atoms with Gasteiger partial charge in [0.15, 0.2) is 5.65 Å². The summed E-state index contributed by atoms with van der Waals surface area (Å²) in [5, 5.41) is 8.80. The van der Waals surface area contributed by atoms with Crippen molar-refractivity contribution < 1.29 is 4.79 Å². The minimum Gasteiger partial charge on any atom is -0.349 e. The van der Waals surface area contributed by atoms with Gasteiger partial charge in [0.2, 0.25) is 0 Å². The van der Waals surface area contributed by atoms with Crippen LogP contribution in [-0.2, 0) is 7.05 Å². The van der Waals surface area contributed by atoms with E-state index >= 15 is 0 Å². The molecule has 2 saturated carbocycles. The summed E-state index contributed by atoms with van der Waals surface area (Å²) in [4.78, 5) is 18.0. The van der Waals surface area contributed by atoms with E-state index in [-0.39, 0.29) is 5.91 Å². The second-order valence-corrected chi connectivity index (χ2v) is 8.19. The van der Waals surface area contributed by atoms with E-state index < -0.39 is 0 Å². The minimum absolute atomic E-state index is 0.0591. The maximum Gasteiger partial charge on any atom is 0.252 e. The van der Waals surface area contributed by atoms with Crippen LogP contribution in [0.4, 0.5) is 0 Å². The number of hydrogen-bond acceptors (Lipinski definition) is 3. The lowest BCUT2D eigenvalue weighted by Gasteiger charge is -2.21. The number of aryl methyl sites for hydroxylation is 2. The van der Waals surface area contributed by atoms with Gasteiger partial charge in [0, 0.05) is 24.7 Å². The summed E-state index contributed by atoms with van der Waals surface area (Å²) < 4.78 is 1.81. The number of fused-ring (bicyclic) bond motifs is 1. The second kappa shape index (κ2) is 7.01. The van der Waals surface area contributed by atoms with Gasteiger partial charge in [-0.25, -0.2) is 4.98 Å². The molecule has 0 aromatic carbocycles. The fraction of sp³-hybridized carbons (Fsp3) is 0.667. The molecule has 2 aromatic heterocycles. The molecule has 1 N–H and O–H groups in total. The number of hydrogen-bond donors (Lipinski definition) is 1. The zero-order valence-electron chi connectivity index (χ0n) is 16.2. The average Bonchev–Trinajstić information content (AvgIpc) is 3.33. The van der Waals surface area contributed by atoms with E-state index in [1.807, 2.05) is 24.7 Å². The van der Waals surface area contributed by atoms with Crippen molar-refractivity contribution in [2.45, 2.75) is 77.2 Å². The number of aromatic nitrogens is 3. The number of pyridine rings is 1. The molecule has 140 valence electrons. The molecule has 2 fully saturated rings. The molecule has 26 heavy (non-hydrogen) atoms. The number of amides is 1. The van der Waals surface area contributed by atoms with Crippen LogP contribution in [0, 0.1) is 12.8 Å². The molecule has 4 rings (SSSR count). The SMILES string of the molecule is CCCCC1CCCC1NC(=O)c1cc(C2CC2)nc2c1c(C)nn2C. The lowest BCUT2D eigenvalue weighted by Crippen LogP contribution is -2.37. The highest BCUT2D eigenvalue weighted by Crippen LogP contribution is 2.40. The van der Waals surface area contributed by atoms with E-state index in [1.54, 1.807) is 0 Å². The van der Waals surface area contributed by atoms with Crippen molar-refractivity contribution in [2.75, 3.05) is 0 Å². The summed E-state index contributed by atoms with van der Waals surface area (Å²) in [6, 6.07) is 2.35. The molecule has 5 nitrogen and oxygen atoms in total. The standard InChI is InChI=1S/C21H30N4O/c1-4-5-7-14-8-6-9-17(14)23-21(26)16-12-18(15-10-11-15)22-20-19(16)13(2)24-25(20)3/h12,14-15,17H,4-11H2,1-3H3,(H,23,26). The average molecular weight is 354 g/mol. The maximum atomic E-state index is 13.2. The first-order chi connectivity index (χ1) is 12.6. The predicted octanol–water partition coefficient (Wildman–Crippen LogP) is 4.24. The van der Waals surface area contributed by atoms with Crippen LogP contribution in [-0.4, -0.2) is 26.7 Å². The largest absolute Gasteiger partial charge is 0.349 e. The highest BCUT2D eigenvalue weighted by Gasteiger charge is 2.31. The Morgan fingerprint density at radius 3 is 2.85 bits per heavy atom. The van der Waals surface area contributed by atoms with Crippen LogP contribution in [0.3, 0.4) is 0 Å². The normalized spacial score (nSPS) is 22.9. The Hall–Kier alpha value is -1.91. The number of nitrogens with zero attached hydrogens (tertiary/aromatic N) is 3. The quantitative estimate of drug-likeness (QED) is 0.844. The van der Waals surface area contributed by atoms with Gasteiger partial charge in [-0.3, -0.25) is 9.48 Å². The van der Waals surface area contributed by atoms with Gasteiger partial charge in [0.25, 0.3) is 5.91 Å². The smallest absolute Gasteiger partial charge is 0.252 e. The molecule has 2 aliphatic rings. The van der Waals surface area contributed by atoms with Crippen LogP contribution >= 0.6 is 0 Å². The number of unbranched alkanes of at least 4 members (excludes halogenated alkanes) is 1. The van der Waals surface area contributed by atoms with Gasteiger partial charge in [-0.2, -0.15) is 5.10 Å². The van der Waals surface area contributed by atoms with Gasteiger partial charge in [-0.15, -0.1) is 0 Å². The fourth-order valence-corrected chi connectivity index (χ4v) is 4.52. The third kappa shape index (κ3) is 3.24. The number of carbonyl (C=O) groups excluding carboxylic acids is 1. The molecule has 0 bridgehead atoms. The topological polar surface area (TPSA) is 59.8 Å². The van der Waals surface area contributed by atoms with Gasteiger partial charge in [0.05, 0.1) is 16.6 Å². The molecule has 2 atom stereocenters. The van der Waals surface area contributed by atoms with Gasteiger partial charge in [-0.1, -0.05) is 26.2 Å². The van der Waals surface area contributed by atoms with E-state index in [1.165, 1.54) is 44.9 Å². The van der Waals surface area contributed by atoms with Crippen molar-refractivity contribution >= 4 is 16.9 Å². The first kappa shape index (κ1) is 17.5. The lowest BCUT2D eigenvalue weighted by molar-refractivity contribution is 0.0928. The molecule has 2 heterocycles. The van der Waals surface area contributed by atoms with Crippen molar-refractivity contribution in [2.24, 2.45) is 13.0 Å². The van der Waals surface area contributed by atoms with Crippen LogP contribution in [0.1, 0.15) is 86.0 Å². The van der Waals surface area contributed by atoms with Gasteiger partial charge >= 0.3 is 0 Å². The van der Waals surface area contributed by atoms with Crippen molar-refractivity contribution in [3.05, 3.63) is 23.0 Å². The minimum atomic E-state index is 0.0591. The molecule has 0 radical (unpaired) electrons. The molecule has 0 saturated heterocycles. The van der Waals surface area contributed by atoms with Crippen LogP contribution in [0.25, 0.3) is 11.0 Å². The Bertz CT molecular complexity index is 821. The van der Waals surface area contributed by atoms with Gasteiger partial charge < -0.3 is 5.32 Å². The third-order valence-electron chi connectivity index (χ3n) is 6.13. The second-order valence-electron chi connectivity index (χ2n) is 8.19. The molecule has 2 aromatic rings. The Morgan fingerprint density at radius 1 is 1.31 bits per heavy atom. The summed E-state index contributed by atoms with van der Waals surface area (Å²) in [6.45, 7) is 4.21.